The molecule has 1 atom stereocenters. The summed E-state index contributed by atoms with van der Waals surface area (Å²) >= 11 is 0. The van der Waals surface area contributed by atoms with Crippen molar-refractivity contribution < 1.29 is 9.84 Å². The molecule has 1 unspecified atom stereocenters. The lowest BCUT2D eigenvalue weighted by Gasteiger charge is -2.30. The van der Waals surface area contributed by atoms with E-state index >= 15 is 0 Å². The molecule has 0 amide bonds. The van der Waals surface area contributed by atoms with E-state index in [2.05, 4.69) is 23.8 Å². The molecular weight excluding hydrogens is 252 g/mol. The van der Waals surface area contributed by atoms with E-state index in [0.717, 1.165) is 38.2 Å². The maximum absolute atomic E-state index is 10.2. The molecule has 0 aromatic heterocycles. The van der Waals surface area contributed by atoms with Gasteiger partial charge in [-0.25, -0.2) is 0 Å². The molecule has 1 aliphatic rings. The van der Waals surface area contributed by atoms with Crippen LogP contribution in [0.3, 0.4) is 0 Å². The SMILES string of the molecule is CCC1CN(C)CCCN1Cc1cccc(OC)c1O. The molecule has 1 aromatic rings. The fourth-order valence-electron chi connectivity index (χ4n) is 2.97. The Balaban J connectivity index is 2.15. The van der Waals surface area contributed by atoms with E-state index in [1.54, 1.807) is 13.2 Å². The monoisotopic (exact) mass is 278 g/mol. The van der Waals surface area contributed by atoms with Crippen LogP contribution in [0.4, 0.5) is 0 Å². The second-order valence-electron chi connectivity index (χ2n) is 5.62. The molecule has 1 saturated heterocycles. The quantitative estimate of drug-likeness (QED) is 0.917. The predicted molar refractivity (Wildman–Crippen MR) is 81.3 cm³/mol. The highest BCUT2D eigenvalue weighted by Gasteiger charge is 2.23. The third kappa shape index (κ3) is 3.44. The van der Waals surface area contributed by atoms with Crippen molar-refractivity contribution in [2.24, 2.45) is 0 Å². The lowest BCUT2D eigenvalue weighted by atomic mass is 10.1. The summed E-state index contributed by atoms with van der Waals surface area (Å²) in [5.41, 5.74) is 0.951. The van der Waals surface area contributed by atoms with Gasteiger partial charge in [0.05, 0.1) is 7.11 Å². The van der Waals surface area contributed by atoms with Gasteiger partial charge in [0.2, 0.25) is 0 Å². The topological polar surface area (TPSA) is 35.9 Å². The number of phenols is 1. The number of ether oxygens (including phenoxy) is 1. The molecule has 112 valence electrons. The number of hydrogen-bond acceptors (Lipinski definition) is 4. The molecule has 4 nitrogen and oxygen atoms in total. The van der Waals surface area contributed by atoms with Gasteiger partial charge in [-0.3, -0.25) is 4.90 Å². The summed E-state index contributed by atoms with van der Waals surface area (Å²) in [7, 11) is 3.78. The lowest BCUT2D eigenvalue weighted by molar-refractivity contribution is 0.174. The molecule has 1 N–H and O–H groups in total. The molecule has 0 bridgehead atoms. The standard InChI is InChI=1S/C16H26N2O2/c1-4-14-12-17(2)9-6-10-18(14)11-13-7-5-8-15(20-3)16(13)19/h5,7-8,14,19H,4,6,9-12H2,1-3H3. The first-order valence-corrected chi connectivity index (χ1v) is 7.43. The minimum Gasteiger partial charge on any atom is -0.504 e. The number of methoxy groups -OCH3 is 1. The Morgan fingerprint density at radius 1 is 1.35 bits per heavy atom. The van der Waals surface area contributed by atoms with E-state index in [1.165, 1.54) is 6.42 Å². The van der Waals surface area contributed by atoms with E-state index in [-0.39, 0.29) is 5.75 Å². The summed E-state index contributed by atoms with van der Waals surface area (Å²) < 4.78 is 5.19. The first kappa shape index (κ1) is 15.1. The highest BCUT2D eigenvalue weighted by atomic mass is 16.5. The van der Waals surface area contributed by atoms with Crippen molar-refractivity contribution in [1.29, 1.82) is 0 Å². The summed E-state index contributed by atoms with van der Waals surface area (Å²) in [6.45, 7) is 6.36. The van der Waals surface area contributed by atoms with Gasteiger partial charge in [-0.2, -0.15) is 0 Å². The van der Waals surface area contributed by atoms with E-state index in [9.17, 15) is 5.11 Å². The Labute approximate surface area is 122 Å². The van der Waals surface area contributed by atoms with Gasteiger partial charge in [0.25, 0.3) is 0 Å². The molecule has 20 heavy (non-hydrogen) atoms. The molecule has 0 saturated carbocycles. The van der Waals surface area contributed by atoms with Gasteiger partial charge in [-0.15, -0.1) is 0 Å². The Morgan fingerprint density at radius 2 is 2.15 bits per heavy atom. The van der Waals surface area contributed by atoms with Crippen molar-refractivity contribution in [3.8, 4) is 11.5 Å². The molecule has 1 fully saturated rings. The van der Waals surface area contributed by atoms with Gasteiger partial charge < -0.3 is 14.7 Å². The minimum absolute atomic E-state index is 0.280. The average molecular weight is 278 g/mol. The number of likely N-dealkylation sites (N-methyl/N-ethyl adjacent to an activating group) is 1. The first-order chi connectivity index (χ1) is 9.65. The summed E-state index contributed by atoms with van der Waals surface area (Å²) in [5, 5.41) is 10.2. The van der Waals surface area contributed by atoms with Gasteiger partial charge in [0.15, 0.2) is 11.5 Å². The van der Waals surface area contributed by atoms with E-state index < -0.39 is 0 Å². The molecule has 1 aromatic carbocycles. The predicted octanol–water partition coefficient (Wildman–Crippen LogP) is 2.32. The first-order valence-electron chi connectivity index (χ1n) is 7.43. The third-order valence-corrected chi connectivity index (χ3v) is 4.17. The number of benzene rings is 1. The summed E-state index contributed by atoms with van der Waals surface area (Å²) in [6.07, 6.45) is 2.31. The van der Waals surface area contributed by atoms with E-state index in [1.807, 2.05) is 12.1 Å². The number of para-hydroxylation sites is 1. The smallest absolute Gasteiger partial charge is 0.162 e. The summed E-state index contributed by atoms with van der Waals surface area (Å²) in [4.78, 5) is 4.89. The molecule has 2 rings (SSSR count). The second-order valence-corrected chi connectivity index (χ2v) is 5.62. The molecule has 0 radical (unpaired) electrons. The van der Waals surface area contributed by atoms with Crippen LogP contribution >= 0.6 is 0 Å². The number of nitrogens with zero attached hydrogens (tertiary/aromatic N) is 2. The molecule has 0 aliphatic carbocycles. The summed E-state index contributed by atoms with van der Waals surface area (Å²) in [5.74, 6) is 0.838. The van der Waals surface area contributed by atoms with Gasteiger partial charge in [0.1, 0.15) is 0 Å². The fraction of sp³-hybridized carbons (Fsp3) is 0.625. The van der Waals surface area contributed by atoms with Crippen molar-refractivity contribution >= 4 is 0 Å². The van der Waals surface area contributed by atoms with Crippen molar-refractivity contribution in [2.75, 3.05) is 33.8 Å². The zero-order valence-corrected chi connectivity index (χ0v) is 12.8. The Morgan fingerprint density at radius 3 is 2.85 bits per heavy atom. The lowest BCUT2D eigenvalue weighted by Crippen LogP contribution is -2.39. The maximum Gasteiger partial charge on any atom is 0.162 e. The molecular formula is C16H26N2O2. The van der Waals surface area contributed by atoms with Crippen LogP contribution in [0.1, 0.15) is 25.3 Å². The van der Waals surface area contributed by atoms with Gasteiger partial charge >= 0.3 is 0 Å². The Hall–Kier alpha value is -1.26. The molecule has 4 heteroatoms. The number of phenolic OH excluding ortho intramolecular Hbond substituents is 1. The average Bonchev–Trinajstić information content (AvgIpc) is 2.62. The largest absolute Gasteiger partial charge is 0.504 e. The van der Waals surface area contributed by atoms with Crippen LogP contribution in [-0.4, -0.2) is 54.7 Å². The second kappa shape index (κ2) is 6.95. The molecule has 1 heterocycles. The highest BCUT2D eigenvalue weighted by Crippen LogP contribution is 2.31. The minimum atomic E-state index is 0.280. The molecule has 0 spiro atoms. The van der Waals surface area contributed by atoms with Crippen LogP contribution in [0.2, 0.25) is 0 Å². The zero-order valence-electron chi connectivity index (χ0n) is 12.8. The Kier molecular flexibility index (Phi) is 5.26. The van der Waals surface area contributed by atoms with Crippen LogP contribution in [0.5, 0.6) is 11.5 Å². The van der Waals surface area contributed by atoms with Crippen LogP contribution in [0.25, 0.3) is 0 Å². The van der Waals surface area contributed by atoms with Crippen molar-refractivity contribution in [3.05, 3.63) is 23.8 Å². The van der Waals surface area contributed by atoms with Crippen molar-refractivity contribution in [1.82, 2.24) is 9.80 Å². The van der Waals surface area contributed by atoms with Crippen LogP contribution < -0.4 is 4.74 Å². The fourth-order valence-corrected chi connectivity index (χ4v) is 2.97. The zero-order chi connectivity index (χ0) is 14.5. The van der Waals surface area contributed by atoms with Crippen LogP contribution in [0.15, 0.2) is 18.2 Å². The van der Waals surface area contributed by atoms with E-state index in [4.69, 9.17) is 4.74 Å². The number of hydrogen-bond donors (Lipinski definition) is 1. The van der Waals surface area contributed by atoms with Gasteiger partial charge in [-0.05, 0) is 32.5 Å². The Bertz CT molecular complexity index is 436. The maximum atomic E-state index is 10.2. The van der Waals surface area contributed by atoms with Gasteiger partial charge in [-0.1, -0.05) is 19.1 Å². The van der Waals surface area contributed by atoms with Gasteiger partial charge in [0, 0.05) is 31.2 Å². The normalized spacial score (nSPS) is 21.6. The highest BCUT2D eigenvalue weighted by molar-refractivity contribution is 5.45. The van der Waals surface area contributed by atoms with Crippen molar-refractivity contribution in [3.63, 3.8) is 0 Å². The third-order valence-electron chi connectivity index (χ3n) is 4.17. The summed E-state index contributed by atoms with van der Waals surface area (Å²) in [6, 6.07) is 6.28. The van der Waals surface area contributed by atoms with Crippen molar-refractivity contribution in [2.45, 2.75) is 32.4 Å². The number of aromatic hydroxyl groups is 1. The van der Waals surface area contributed by atoms with Crippen LogP contribution in [0, 0.1) is 0 Å². The van der Waals surface area contributed by atoms with E-state index in [0.29, 0.717) is 11.8 Å². The molecule has 1 aliphatic heterocycles. The van der Waals surface area contributed by atoms with Crippen LogP contribution in [-0.2, 0) is 6.54 Å². The number of rotatable bonds is 4.